The number of rotatable bonds is 4. The van der Waals surface area contributed by atoms with Crippen LogP contribution in [-0.4, -0.2) is 33.8 Å². The first-order valence-electron chi connectivity index (χ1n) is 4.98. The molecule has 1 heterocycles. The van der Waals surface area contributed by atoms with Crippen molar-refractivity contribution >= 4 is 0 Å². The highest BCUT2D eigenvalue weighted by Gasteiger charge is 2.05. The Kier molecular flexibility index (Phi) is 3.21. The van der Waals surface area contributed by atoms with Gasteiger partial charge in [0, 0.05) is 12.1 Å². The summed E-state index contributed by atoms with van der Waals surface area (Å²) in [6, 6.07) is 6.15. The minimum atomic E-state index is -0.302. The van der Waals surface area contributed by atoms with Crippen molar-refractivity contribution in [2.45, 2.75) is 6.54 Å². The SMILES string of the molecule is CNCCn1nnc(-c2cccc(F)c2)n1. The van der Waals surface area contributed by atoms with Crippen molar-refractivity contribution in [2.75, 3.05) is 13.6 Å². The van der Waals surface area contributed by atoms with Crippen molar-refractivity contribution in [3.05, 3.63) is 30.1 Å². The maximum atomic E-state index is 13.0. The molecule has 0 aliphatic rings. The van der Waals surface area contributed by atoms with Gasteiger partial charge in [0.15, 0.2) is 0 Å². The van der Waals surface area contributed by atoms with Crippen LogP contribution in [0.2, 0.25) is 0 Å². The highest BCUT2D eigenvalue weighted by atomic mass is 19.1. The Morgan fingerprint density at radius 3 is 3.06 bits per heavy atom. The molecule has 0 amide bonds. The molecule has 84 valence electrons. The normalized spacial score (nSPS) is 10.6. The zero-order valence-corrected chi connectivity index (χ0v) is 8.89. The summed E-state index contributed by atoms with van der Waals surface area (Å²) in [4.78, 5) is 1.48. The molecule has 2 aromatic rings. The molecule has 2 rings (SSSR count). The zero-order valence-electron chi connectivity index (χ0n) is 8.89. The van der Waals surface area contributed by atoms with Crippen LogP contribution in [-0.2, 0) is 6.54 Å². The molecule has 0 atom stereocenters. The first-order valence-corrected chi connectivity index (χ1v) is 4.98. The van der Waals surface area contributed by atoms with E-state index in [0.717, 1.165) is 6.54 Å². The second-order valence-corrected chi connectivity index (χ2v) is 3.32. The van der Waals surface area contributed by atoms with Gasteiger partial charge in [0.2, 0.25) is 5.82 Å². The monoisotopic (exact) mass is 221 g/mol. The van der Waals surface area contributed by atoms with E-state index in [0.29, 0.717) is 17.9 Å². The number of nitrogens with one attached hydrogen (secondary N) is 1. The highest BCUT2D eigenvalue weighted by Crippen LogP contribution is 2.14. The lowest BCUT2D eigenvalue weighted by atomic mass is 10.2. The van der Waals surface area contributed by atoms with E-state index in [1.54, 1.807) is 12.1 Å². The zero-order chi connectivity index (χ0) is 11.4. The van der Waals surface area contributed by atoms with Gasteiger partial charge in [-0.25, -0.2) is 4.39 Å². The number of benzene rings is 1. The standard InChI is InChI=1S/C10H12FN5/c1-12-5-6-16-14-10(13-15-16)8-3-2-4-9(11)7-8/h2-4,7,12H,5-6H2,1H3. The van der Waals surface area contributed by atoms with Gasteiger partial charge in [0.1, 0.15) is 5.82 Å². The maximum absolute atomic E-state index is 13.0. The Morgan fingerprint density at radius 1 is 1.44 bits per heavy atom. The van der Waals surface area contributed by atoms with E-state index in [9.17, 15) is 4.39 Å². The van der Waals surface area contributed by atoms with E-state index >= 15 is 0 Å². The first-order chi connectivity index (χ1) is 7.79. The van der Waals surface area contributed by atoms with Gasteiger partial charge >= 0.3 is 0 Å². The van der Waals surface area contributed by atoms with Crippen LogP contribution in [0.3, 0.4) is 0 Å². The number of nitrogens with zero attached hydrogens (tertiary/aromatic N) is 4. The summed E-state index contributed by atoms with van der Waals surface area (Å²) >= 11 is 0. The molecule has 6 heteroatoms. The quantitative estimate of drug-likeness (QED) is 0.825. The Bertz CT molecular complexity index is 468. The molecular weight excluding hydrogens is 209 g/mol. The van der Waals surface area contributed by atoms with Gasteiger partial charge in [0.05, 0.1) is 6.54 Å². The molecule has 0 fully saturated rings. The third kappa shape index (κ3) is 2.40. The summed E-state index contributed by atoms with van der Waals surface area (Å²) in [7, 11) is 1.85. The fraction of sp³-hybridized carbons (Fsp3) is 0.300. The predicted octanol–water partition coefficient (Wildman–Crippen LogP) is 0.699. The van der Waals surface area contributed by atoms with Crippen LogP contribution in [0.1, 0.15) is 0 Å². The lowest BCUT2D eigenvalue weighted by Gasteiger charge is -1.96. The summed E-state index contributed by atoms with van der Waals surface area (Å²) in [5.74, 6) is 0.139. The average molecular weight is 221 g/mol. The van der Waals surface area contributed by atoms with Crippen LogP contribution in [0.5, 0.6) is 0 Å². The molecule has 0 unspecified atom stereocenters. The van der Waals surface area contributed by atoms with Crippen LogP contribution in [0.25, 0.3) is 11.4 Å². The van der Waals surface area contributed by atoms with Crippen LogP contribution < -0.4 is 5.32 Å². The topological polar surface area (TPSA) is 55.6 Å². The van der Waals surface area contributed by atoms with Crippen molar-refractivity contribution in [1.29, 1.82) is 0 Å². The highest BCUT2D eigenvalue weighted by molar-refractivity contribution is 5.53. The Hall–Kier alpha value is -1.82. The number of hydrogen-bond donors (Lipinski definition) is 1. The fourth-order valence-electron chi connectivity index (χ4n) is 1.29. The van der Waals surface area contributed by atoms with E-state index in [4.69, 9.17) is 0 Å². The summed E-state index contributed by atoms with van der Waals surface area (Å²) in [6.45, 7) is 1.40. The summed E-state index contributed by atoms with van der Waals surface area (Å²) < 4.78 is 13.0. The van der Waals surface area contributed by atoms with Crippen molar-refractivity contribution in [2.24, 2.45) is 0 Å². The molecule has 1 aromatic heterocycles. The van der Waals surface area contributed by atoms with E-state index in [-0.39, 0.29) is 5.82 Å². The van der Waals surface area contributed by atoms with Gasteiger partial charge < -0.3 is 5.32 Å². The van der Waals surface area contributed by atoms with Crippen LogP contribution in [0, 0.1) is 5.82 Å². The third-order valence-corrected chi connectivity index (χ3v) is 2.10. The largest absolute Gasteiger partial charge is 0.318 e. The summed E-state index contributed by atoms with van der Waals surface area (Å²) in [5.41, 5.74) is 0.635. The van der Waals surface area contributed by atoms with Gasteiger partial charge in [0.25, 0.3) is 0 Å². The molecule has 1 N–H and O–H groups in total. The van der Waals surface area contributed by atoms with Crippen LogP contribution in [0.4, 0.5) is 4.39 Å². The number of hydrogen-bond acceptors (Lipinski definition) is 4. The number of aromatic nitrogens is 4. The van der Waals surface area contributed by atoms with Crippen LogP contribution in [0.15, 0.2) is 24.3 Å². The predicted molar refractivity (Wildman–Crippen MR) is 57.1 cm³/mol. The Morgan fingerprint density at radius 2 is 2.31 bits per heavy atom. The minimum absolute atomic E-state index is 0.302. The smallest absolute Gasteiger partial charge is 0.205 e. The van der Waals surface area contributed by atoms with Crippen molar-refractivity contribution in [1.82, 2.24) is 25.5 Å². The molecule has 0 spiro atoms. The van der Waals surface area contributed by atoms with Crippen molar-refractivity contribution in [3.8, 4) is 11.4 Å². The number of halogens is 1. The second kappa shape index (κ2) is 4.80. The lowest BCUT2D eigenvalue weighted by Crippen LogP contribution is -2.16. The van der Waals surface area contributed by atoms with E-state index in [1.165, 1.54) is 16.9 Å². The Balaban J connectivity index is 2.18. The van der Waals surface area contributed by atoms with E-state index in [2.05, 4.69) is 20.7 Å². The van der Waals surface area contributed by atoms with Crippen molar-refractivity contribution < 1.29 is 4.39 Å². The Labute approximate surface area is 92.3 Å². The van der Waals surface area contributed by atoms with Crippen molar-refractivity contribution in [3.63, 3.8) is 0 Å². The molecule has 0 bridgehead atoms. The minimum Gasteiger partial charge on any atom is -0.318 e. The van der Waals surface area contributed by atoms with Gasteiger partial charge in [-0.05, 0) is 24.4 Å². The summed E-state index contributed by atoms with van der Waals surface area (Å²) in [5, 5.41) is 14.9. The van der Waals surface area contributed by atoms with Gasteiger partial charge in [-0.3, -0.25) is 0 Å². The molecule has 1 aromatic carbocycles. The molecular formula is C10H12FN5. The van der Waals surface area contributed by atoms with Gasteiger partial charge in [-0.2, -0.15) is 4.80 Å². The molecule has 5 nitrogen and oxygen atoms in total. The fourth-order valence-corrected chi connectivity index (χ4v) is 1.29. The number of tetrazole rings is 1. The van der Waals surface area contributed by atoms with Gasteiger partial charge in [-0.1, -0.05) is 12.1 Å². The number of likely N-dealkylation sites (N-methyl/N-ethyl adjacent to an activating group) is 1. The van der Waals surface area contributed by atoms with Crippen LogP contribution >= 0.6 is 0 Å². The molecule has 0 radical (unpaired) electrons. The second-order valence-electron chi connectivity index (χ2n) is 3.32. The first kappa shape index (κ1) is 10.7. The molecule has 0 saturated carbocycles. The summed E-state index contributed by atoms with van der Waals surface area (Å²) in [6.07, 6.45) is 0. The third-order valence-electron chi connectivity index (χ3n) is 2.10. The lowest BCUT2D eigenvalue weighted by molar-refractivity contribution is 0.507. The molecule has 0 aliphatic carbocycles. The molecule has 0 aliphatic heterocycles. The molecule has 0 saturated heterocycles. The van der Waals surface area contributed by atoms with E-state index < -0.39 is 0 Å². The average Bonchev–Trinajstić information content (AvgIpc) is 2.75. The molecule has 16 heavy (non-hydrogen) atoms. The van der Waals surface area contributed by atoms with E-state index in [1.807, 2.05) is 7.05 Å². The van der Waals surface area contributed by atoms with Gasteiger partial charge in [-0.15, -0.1) is 10.2 Å². The maximum Gasteiger partial charge on any atom is 0.205 e.